The van der Waals surface area contributed by atoms with Gasteiger partial charge in [0.1, 0.15) is 17.0 Å². The number of aromatic nitrogens is 2. The lowest BCUT2D eigenvalue weighted by molar-refractivity contribution is 0.249. The van der Waals surface area contributed by atoms with E-state index in [-0.39, 0.29) is 12.6 Å². The molecule has 0 aliphatic rings. The van der Waals surface area contributed by atoms with E-state index in [1.54, 1.807) is 17.7 Å². The molecule has 0 spiro atoms. The molecule has 86 valence electrons. The maximum Gasteiger partial charge on any atom is 0.138 e. The van der Waals surface area contributed by atoms with Crippen LogP contribution in [0, 0.1) is 5.92 Å². The maximum absolute atomic E-state index is 9.28. The molecular weight excluding hydrogens is 222 g/mol. The van der Waals surface area contributed by atoms with Gasteiger partial charge in [0.2, 0.25) is 0 Å². The highest BCUT2D eigenvalue weighted by Crippen LogP contribution is 2.24. The molecule has 2 rings (SSSR count). The topological polar surface area (TPSA) is 58.0 Å². The van der Waals surface area contributed by atoms with E-state index in [9.17, 15) is 5.11 Å². The van der Waals surface area contributed by atoms with Crippen molar-refractivity contribution in [1.29, 1.82) is 0 Å². The molecule has 2 aromatic rings. The minimum atomic E-state index is 0.0259. The molecule has 0 saturated carbocycles. The van der Waals surface area contributed by atoms with Crippen LogP contribution in [0.1, 0.15) is 13.8 Å². The summed E-state index contributed by atoms with van der Waals surface area (Å²) < 4.78 is 0. The lowest BCUT2D eigenvalue weighted by Gasteiger charge is -2.20. The first-order valence-corrected chi connectivity index (χ1v) is 6.16. The minimum absolute atomic E-state index is 0.0259. The molecule has 1 unspecified atom stereocenters. The number of hydrogen-bond donors (Lipinski definition) is 2. The summed E-state index contributed by atoms with van der Waals surface area (Å²) in [4.78, 5) is 9.38. The third kappa shape index (κ3) is 2.15. The SMILES string of the molecule is CC(C)C(CO)Nc1ncnc2sccc12. The van der Waals surface area contributed by atoms with Gasteiger partial charge >= 0.3 is 0 Å². The molecule has 5 heteroatoms. The Morgan fingerprint density at radius 3 is 2.94 bits per heavy atom. The van der Waals surface area contributed by atoms with Crippen molar-refractivity contribution in [3.05, 3.63) is 17.8 Å². The molecule has 2 aromatic heterocycles. The third-order valence-electron chi connectivity index (χ3n) is 2.59. The van der Waals surface area contributed by atoms with Crippen LogP contribution in [0.2, 0.25) is 0 Å². The average molecular weight is 237 g/mol. The van der Waals surface area contributed by atoms with Crippen LogP contribution in [0.3, 0.4) is 0 Å². The maximum atomic E-state index is 9.28. The third-order valence-corrected chi connectivity index (χ3v) is 3.41. The summed E-state index contributed by atoms with van der Waals surface area (Å²) in [6.45, 7) is 4.24. The van der Waals surface area contributed by atoms with E-state index in [0.29, 0.717) is 5.92 Å². The number of aliphatic hydroxyl groups excluding tert-OH is 1. The van der Waals surface area contributed by atoms with E-state index in [2.05, 4.69) is 29.1 Å². The Bertz CT molecular complexity index is 469. The Balaban J connectivity index is 2.29. The van der Waals surface area contributed by atoms with Crippen molar-refractivity contribution in [3.63, 3.8) is 0 Å². The zero-order valence-electron chi connectivity index (χ0n) is 9.34. The van der Waals surface area contributed by atoms with E-state index in [0.717, 1.165) is 16.0 Å². The number of hydrogen-bond acceptors (Lipinski definition) is 5. The number of rotatable bonds is 4. The highest BCUT2D eigenvalue weighted by atomic mass is 32.1. The molecule has 0 aliphatic heterocycles. The molecule has 2 heterocycles. The quantitative estimate of drug-likeness (QED) is 0.855. The van der Waals surface area contributed by atoms with Gasteiger partial charge in [0.05, 0.1) is 18.0 Å². The van der Waals surface area contributed by atoms with Crippen LogP contribution in [-0.2, 0) is 0 Å². The summed E-state index contributed by atoms with van der Waals surface area (Å²) in [5.74, 6) is 1.16. The Hall–Kier alpha value is -1.20. The normalized spacial score (nSPS) is 13.2. The van der Waals surface area contributed by atoms with Gasteiger partial charge in [-0.1, -0.05) is 13.8 Å². The molecule has 0 fully saturated rings. The molecule has 0 amide bonds. The van der Waals surface area contributed by atoms with Gasteiger partial charge in [-0.15, -0.1) is 11.3 Å². The lowest BCUT2D eigenvalue weighted by Crippen LogP contribution is -2.29. The second kappa shape index (κ2) is 4.76. The molecule has 4 nitrogen and oxygen atoms in total. The van der Waals surface area contributed by atoms with Crippen LogP contribution in [0.25, 0.3) is 10.2 Å². The molecule has 0 saturated heterocycles. The lowest BCUT2D eigenvalue weighted by atomic mass is 10.1. The van der Waals surface area contributed by atoms with Crippen molar-refractivity contribution < 1.29 is 5.11 Å². The van der Waals surface area contributed by atoms with Gasteiger partial charge in [-0.05, 0) is 17.4 Å². The molecule has 0 bridgehead atoms. The summed E-state index contributed by atoms with van der Waals surface area (Å²) in [5.41, 5.74) is 0. The molecular formula is C11H15N3OS. The average Bonchev–Trinajstić information content (AvgIpc) is 2.73. The fraction of sp³-hybridized carbons (Fsp3) is 0.455. The number of aliphatic hydroxyl groups is 1. The van der Waals surface area contributed by atoms with Crippen LogP contribution >= 0.6 is 11.3 Å². The van der Waals surface area contributed by atoms with Crippen molar-refractivity contribution in [2.75, 3.05) is 11.9 Å². The Morgan fingerprint density at radius 2 is 2.25 bits per heavy atom. The number of nitrogens with one attached hydrogen (secondary N) is 1. The van der Waals surface area contributed by atoms with Gasteiger partial charge in [-0.25, -0.2) is 9.97 Å². The van der Waals surface area contributed by atoms with Crippen molar-refractivity contribution in [1.82, 2.24) is 9.97 Å². The second-order valence-corrected chi connectivity index (χ2v) is 4.93. The van der Waals surface area contributed by atoms with Gasteiger partial charge in [0.25, 0.3) is 0 Å². The van der Waals surface area contributed by atoms with Crippen molar-refractivity contribution in [2.24, 2.45) is 5.92 Å². The van der Waals surface area contributed by atoms with Crippen LogP contribution in [-0.4, -0.2) is 27.7 Å². The molecule has 0 aromatic carbocycles. The highest BCUT2D eigenvalue weighted by Gasteiger charge is 2.14. The Labute approximate surface area is 98.4 Å². The first-order chi connectivity index (χ1) is 7.72. The van der Waals surface area contributed by atoms with E-state index in [1.165, 1.54) is 0 Å². The first kappa shape index (κ1) is 11.3. The van der Waals surface area contributed by atoms with Crippen LogP contribution < -0.4 is 5.32 Å². The summed E-state index contributed by atoms with van der Waals surface area (Å²) in [6.07, 6.45) is 1.55. The van der Waals surface area contributed by atoms with Crippen molar-refractivity contribution >= 4 is 27.4 Å². The number of nitrogens with zero attached hydrogens (tertiary/aromatic N) is 2. The fourth-order valence-electron chi connectivity index (χ4n) is 1.50. The number of anilines is 1. The Morgan fingerprint density at radius 1 is 1.44 bits per heavy atom. The van der Waals surface area contributed by atoms with Gasteiger partial charge in [-0.3, -0.25) is 0 Å². The van der Waals surface area contributed by atoms with Crippen LogP contribution in [0.4, 0.5) is 5.82 Å². The zero-order valence-corrected chi connectivity index (χ0v) is 10.2. The fourth-order valence-corrected chi connectivity index (χ4v) is 2.24. The number of thiophene rings is 1. The van der Waals surface area contributed by atoms with Gasteiger partial charge < -0.3 is 10.4 Å². The molecule has 0 radical (unpaired) electrons. The van der Waals surface area contributed by atoms with Crippen molar-refractivity contribution in [3.8, 4) is 0 Å². The molecule has 16 heavy (non-hydrogen) atoms. The molecule has 0 aliphatic carbocycles. The largest absolute Gasteiger partial charge is 0.394 e. The monoisotopic (exact) mass is 237 g/mol. The van der Waals surface area contributed by atoms with Crippen LogP contribution in [0.15, 0.2) is 17.8 Å². The highest BCUT2D eigenvalue weighted by molar-refractivity contribution is 7.16. The predicted octanol–water partition coefficient (Wildman–Crippen LogP) is 2.12. The minimum Gasteiger partial charge on any atom is -0.394 e. The van der Waals surface area contributed by atoms with Crippen LogP contribution in [0.5, 0.6) is 0 Å². The Kier molecular flexibility index (Phi) is 3.36. The molecule has 1 atom stereocenters. The molecule has 2 N–H and O–H groups in total. The smallest absolute Gasteiger partial charge is 0.138 e. The predicted molar refractivity (Wildman–Crippen MR) is 66.7 cm³/mol. The van der Waals surface area contributed by atoms with Gasteiger partial charge in [0.15, 0.2) is 0 Å². The van der Waals surface area contributed by atoms with E-state index >= 15 is 0 Å². The van der Waals surface area contributed by atoms with E-state index < -0.39 is 0 Å². The number of fused-ring (bicyclic) bond motifs is 1. The van der Waals surface area contributed by atoms with E-state index in [1.807, 2.05) is 11.4 Å². The zero-order chi connectivity index (χ0) is 11.5. The first-order valence-electron chi connectivity index (χ1n) is 5.28. The summed E-state index contributed by atoms with van der Waals surface area (Å²) in [5, 5.41) is 15.6. The standard InChI is InChI=1S/C11H15N3OS/c1-7(2)9(5-15)14-10-8-3-4-16-11(8)13-6-12-10/h3-4,6-7,9,15H,5H2,1-2H3,(H,12,13,14). The van der Waals surface area contributed by atoms with Gasteiger partial charge in [0, 0.05) is 0 Å². The summed E-state index contributed by atoms with van der Waals surface area (Å²) in [7, 11) is 0. The van der Waals surface area contributed by atoms with Gasteiger partial charge in [-0.2, -0.15) is 0 Å². The van der Waals surface area contributed by atoms with E-state index in [4.69, 9.17) is 0 Å². The summed E-state index contributed by atoms with van der Waals surface area (Å²) in [6, 6.07) is 2.02. The second-order valence-electron chi connectivity index (χ2n) is 4.04. The summed E-state index contributed by atoms with van der Waals surface area (Å²) >= 11 is 1.59. The van der Waals surface area contributed by atoms with Crippen molar-refractivity contribution in [2.45, 2.75) is 19.9 Å².